The summed E-state index contributed by atoms with van der Waals surface area (Å²) in [6.45, 7) is 3.53. The van der Waals surface area contributed by atoms with Gasteiger partial charge in [0.2, 0.25) is 5.91 Å². The maximum atomic E-state index is 12.1. The molecule has 4 nitrogen and oxygen atoms in total. The van der Waals surface area contributed by atoms with E-state index in [-0.39, 0.29) is 12.3 Å². The van der Waals surface area contributed by atoms with Gasteiger partial charge in [-0.3, -0.25) is 4.79 Å². The second-order valence-corrected chi connectivity index (χ2v) is 6.38. The molecule has 2 rings (SSSR count). The first-order valence-corrected chi connectivity index (χ1v) is 7.85. The Bertz CT molecular complexity index is 610. The molecule has 0 aliphatic carbocycles. The molecule has 2 unspecified atom stereocenters. The zero-order valence-electron chi connectivity index (χ0n) is 11.8. The highest BCUT2D eigenvalue weighted by molar-refractivity contribution is 7.09. The van der Waals surface area contributed by atoms with Crippen LogP contribution < -0.4 is 5.32 Å². The van der Waals surface area contributed by atoms with Crippen molar-refractivity contribution in [2.24, 2.45) is 0 Å². The molecule has 0 aliphatic heterocycles. The minimum atomic E-state index is -0.708. The van der Waals surface area contributed by atoms with Gasteiger partial charge in [0.1, 0.15) is 0 Å². The molecular weight excluding hydrogens is 308 g/mol. The second kappa shape index (κ2) is 7.02. The normalized spacial score (nSPS) is 13.7. The molecule has 6 heteroatoms. The predicted molar refractivity (Wildman–Crippen MR) is 84.6 cm³/mol. The van der Waals surface area contributed by atoms with Crippen molar-refractivity contribution in [3.05, 3.63) is 50.9 Å². The Morgan fingerprint density at radius 1 is 1.43 bits per heavy atom. The van der Waals surface area contributed by atoms with Gasteiger partial charge in [-0.1, -0.05) is 23.7 Å². The zero-order chi connectivity index (χ0) is 15.4. The molecule has 1 aromatic carbocycles. The maximum Gasteiger partial charge on any atom is 0.225 e. The smallest absolute Gasteiger partial charge is 0.225 e. The van der Waals surface area contributed by atoms with Crippen LogP contribution in [0.2, 0.25) is 5.02 Å². The van der Waals surface area contributed by atoms with Crippen LogP contribution in [0.3, 0.4) is 0 Å². The number of carbonyl (C=O) groups is 1. The maximum absolute atomic E-state index is 12.1. The predicted octanol–water partition coefficient (Wildman–Crippen LogP) is 2.89. The number of aromatic nitrogens is 1. The highest BCUT2D eigenvalue weighted by Crippen LogP contribution is 2.20. The van der Waals surface area contributed by atoms with Gasteiger partial charge in [0.15, 0.2) is 0 Å². The Kier molecular flexibility index (Phi) is 5.33. The van der Waals surface area contributed by atoms with Gasteiger partial charge in [-0.25, -0.2) is 4.98 Å². The highest BCUT2D eigenvalue weighted by Gasteiger charge is 2.22. The average molecular weight is 325 g/mol. The van der Waals surface area contributed by atoms with Crippen LogP contribution >= 0.6 is 22.9 Å². The zero-order valence-corrected chi connectivity index (χ0v) is 13.4. The van der Waals surface area contributed by atoms with Crippen molar-refractivity contribution in [1.29, 1.82) is 0 Å². The number of aliphatic hydroxyl groups excluding tert-OH is 1. The fraction of sp³-hybridized carbons (Fsp3) is 0.333. The van der Waals surface area contributed by atoms with Crippen molar-refractivity contribution < 1.29 is 9.90 Å². The Hall–Kier alpha value is -1.43. The molecule has 0 radical (unpaired) electrons. The van der Waals surface area contributed by atoms with Crippen LogP contribution in [0.4, 0.5) is 0 Å². The summed E-state index contributed by atoms with van der Waals surface area (Å²) in [4.78, 5) is 16.4. The van der Waals surface area contributed by atoms with Gasteiger partial charge in [0.05, 0.1) is 29.3 Å². The molecule has 1 amide bonds. The van der Waals surface area contributed by atoms with Gasteiger partial charge < -0.3 is 10.4 Å². The SMILES string of the molecule is Cc1nc(C(NC(=O)Cc2ccc(Cl)cc2)C(C)O)cs1. The Morgan fingerprint density at radius 3 is 2.62 bits per heavy atom. The van der Waals surface area contributed by atoms with Gasteiger partial charge in [-0.15, -0.1) is 11.3 Å². The summed E-state index contributed by atoms with van der Waals surface area (Å²) in [6, 6.07) is 6.63. The number of carbonyl (C=O) groups excluding carboxylic acids is 1. The lowest BCUT2D eigenvalue weighted by molar-refractivity contribution is -0.122. The molecule has 0 fully saturated rings. The summed E-state index contributed by atoms with van der Waals surface area (Å²) in [5.74, 6) is -0.158. The van der Waals surface area contributed by atoms with Crippen LogP contribution in [0.5, 0.6) is 0 Å². The molecule has 1 aromatic heterocycles. The first-order chi connectivity index (χ1) is 9.95. The van der Waals surface area contributed by atoms with E-state index < -0.39 is 12.1 Å². The number of thiazole rings is 1. The summed E-state index contributed by atoms with van der Waals surface area (Å²) in [5.41, 5.74) is 1.56. The second-order valence-electron chi connectivity index (χ2n) is 4.88. The third kappa shape index (κ3) is 4.52. The third-order valence-corrected chi connectivity index (χ3v) is 4.08. The number of amides is 1. The first kappa shape index (κ1) is 15.9. The van der Waals surface area contributed by atoms with Crippen LogP contribution in [0.25, 0.3) is 0 Å². The van der Waals surface area contributed by atoms with Crippen molar-refractivity contribution in [3.8, 4) is 0 Å². The molecule has 0 spiro atoms. The topological polar surface area (TPSA) is 62.2 Å². The minimum Gasteiger partial charge on any atom is -0.391 e. The molecule has 2 atom stereocenters. The summed E-state index contributed by atoms with van der Waals surface area (Å²) in [5, 5.41) is 16.1. The number of hydrogen-bond acceptors (Lipinski definition) is 4. The number of aryl methyl sites for hydroxylation is 1. The van der Waals surface area contributed by atoms with E-state index in [0.717, 1.165) is 10.6 Å². The minimum absolute atomic E-state index is 0.158. The Morgan fingerprint density at radius 2 is 2.10 bits per heavy atom. The molecular formula is C15H17ClN2O2S. The molecule has 21 heavy (non-hydrogen) atoms. The summed E-state index contributed by atoms with van der Waals surface area (Å²) < 4.78 is 0. The number of nitrogens with zero attached hydrogens (tertiary/aromatic N) is 1. The van der Waals surface area contributed by atoms with Crippen LogP contribution in [0.15, 0.2) is 29.6 Å². The third-order valence-electron chi connectivity index (χ3n) is 3.03. The fourth-order valence-electron chi connectivity index (χ4n) is 1.98. The molecule has 2 N–H and O–H groups in total. The summed E-state index contributed by atoms with van der Waals surface area (Å²) >= 11 is 7.31. The number of aliphatic hydroxyl groups is 1. The number of benzene rings is 1. The lowest BCUT2D eigenvalue weighted by Crippen LogP contribution is -2.36. The molecule has 0 saturated carbocycles. The first-order valence-electron chi connectivity index (χ1n) is 6.59. The van der Waals surface area contributed by atoms with E-state index in [1.807, 2.05) is 24.4 Å². The molecule has 1 heterocycles. The fourth-order valence-corrected chi connectivity index (χ4v) is 2.75. The van der Waals surface area contributed by atoms with Crippen molar-refractivity contribution in [3.63, 3.8) is 0 Å². The lowest BCUT2D eigenvalue weighted by Gasteiger charge is -2.19. The Labute approximate surface area is 132 Å². The van der Waals surface area contributed by atoms with E-state index in [0.29, 0.717) is 10.7 Å². The molecule has 112 valence electrons. The van der Waals surface area contributed by atoms with Gasteiger partial charge in [-0.2, -0.15) is 0 Å². The van der Waals surface area contributed by atoms with Crippen molar-refractivity contribution >= 4 is 28.8 Å². The highest BCUT2D eigenvalue weighted by atomic mass is 35.5. The van der Waals surface area contributed by atoms with Gasteiger partial charge in [0.25, 0.3) is 0 Å². The van der Waals surface area contributed by atoms with Gasteiger partial charge >= 0.3 is 0 Å². The van der Waals surface area contributed by atoms with E-state index in [1.165, 1.54) is 11.3 Å². The largest absolute Gasteiger partial charge is 0.391 e. The van der Waals surface area contributed by atoms with Crippen LogP contribution in [0, 0.1) is 6.92 Å². The monoisotopic (exact) mass is 324 g/mol. The van der Waals surface area contributed by atoms with Crippen LogP contribution in [-0.2, 0) is 11.2 Å². The lowest BCUT2D eigenvalue weighted by atomic mass is 10.1. The van der Waals surface area contributed by atoms with Crippen molar-refractivity contribution in [2.45, 2.75) is 32.4 Å². The van der Waals surface area contributed by atoms with E-state index >= 15 is 0 Å². The molecule has 0 saturated heterocycles. The van der Waals surface area contributed by atoms with E-state index in [2.05, 4.69) is 10.3 Å². The average Bonchev–Trinajstić information content (AvgIpc) is 2.85. The molecule has 0 aliphatic rings. The summed E-state index contributed by atoms with van der Waals surface area (Å²) in [6.07, 6.45) is -0.468. The van der Waals surface area contributed by atoms with Gasteiger partial charge in [0, 0.05) is 10.4 Å². The van der Waals surface area contributed by atoms with Crippen LogP contribution in [-0.4, -0.2) is 22.1 Å². The number of halogens is 1. The van der Waals surface area contributed by atoms with E-state index in [9.17, 15) is 9.90 Å². The number of rotatable bonds is 5. The van der Waals surface area contributed by atoms with E-state index in [4.69, 9.17) is 11.6 Å². The molecule has 2 aromatic rings. The molecule has 0 bridgehead atoms. The Balaban J connectivity index is 2.03. The van der Waals surface area contributed by atoms with Crippen molar-refractivity contribution in [1.82, 2.24) is 10.3 Å². The van der Waals surface area contributed by atoms with Gasteiger partial charge in [-0.05, 0) is 31.5 Å². The number of nitrogens with one attached hydrogen (secondary N) is 1. The van der Waals surface area contributed by atoms with E-state index in [1.54, 1.807) is 19.1 Å². The quantitative estimate of drug-likeness (QED) is 0.889. The summed E-state index contributed by atoms with van der Waals surface area (Å²) in [7, 11) is 0. The number of hydrogen-bond donors (Lipinski definition) is 2. The van der Waals surface area contributed by atoms with Crippen molar-refractivity contribution in [2.75, 3.05) is 0 Å². The standard InChI is InChI=1S/C15H17ClN2O2S/c1-9(19)15(13-8-21-10(2)17-13)18-14(20)7-11-3-5-12(16)6-4-11/h3-6,8-9,15,19H,7H2,1-2H3,(H,18,20). The van der Waals surface area contributed by atoms with Crippen LogP contribution in [0.1, 0.15) is 29.2 Å².